The maximum atomic E-state index is 5.44. The van der Waals surface area contributed by atoms with Crippen molar-refractivity contribution in [1.82, 2.24) is 4.37 Å². The summed E-state index contributed by atoms with van der Waals surface area (Å²) in [5.41, 5.74) is 1.07. The third-order valence-corrected chi connectivity index (χ3v) is 3.32. The fraction of sp³-hybridized carbons (Fsp3) is 0.462. The molecular weight excluding hydrogens is 232 g/mol. The molecule has 1 aromatic carbocycles. The summed E-state index contributed by atoms with van der Waals surface area (Å²) in [4.78, 5) is 0. The molecule has 0 saturated carbocycles. The molecular formula is C13H18N2OS. The van der Waals surface area contributed by atoms with E-state index in [-0.39, 0.29) is 0 Å². The fourth-order valence-corrected chi connectivity index (χ4v) is 2.43. The van der Waals surface area contributed by atoms with Gasteiger partial charge in [-0.1, -0.05) is 19.1 Å². The number of anilines is 1. The molecule has 1 aromatic heterocycles. The van der Waals surface area contributed by atoms with Crippen LogP contribution in [0.5, 0.6) is 0 Å². The molecule has 0 aliphatic rings. The highest BCUT2D eigenvalue weighted by molar-refractivity contribution is 7.11. The van der Waals surface area contributed by atoms with Gasteiger partial charge < -0.3 is 10.1 Å². The lowest BCUT2D eigenvalue weighted by Crippen LogP contribution is -2.05. The number of hydrogen-bond donors (Lipinski definition) is 1. The Morgan fingerprint density at radius 2 is 2.18 bits per heavy atom. The second-order valence-electron chi connectivity index (χ2n) is 3.92. The lowest BCUT2D eigenvalue weighted by molar-refractivity contribution is 0.134. The van der Waals surface area contributed by atoms with Gasteiger partial charge in [-0.05, 0) is 36.5 Å². The van der Waals surface area contributed by atoms with Crippen LogP contribution in [0.3, 0.4) is 0 Å². The zero-order valence-electron chi connectivity index (χ0n) is 10.1. The Morgan fingerprint density at radius 1 is 1.29 bits per heavy atom. The van der Waals surface area contributed by atoms with E-state index in [2.05, 4.69) is 22.7 Å². The zero-order chi connectivity index (χ0) is 11.9. The Bertz CT molecular complexity index is 455. The molecule has 17 heavy (non-hydrogen) atoms. The minimum Gasteiger partial charge on any atom is -0.381 e. The largest absolute Gasteiger partial charge is 0.381 e. The summed E-state index contributed by atoms with van der Waals surface area (Å²) >= 11 is 1.53. The van der Waals surface area contributed by atoms with Gasteiger partial charge in [0.05, 0.1) is 5.52 Å². The molecule has 0 bridgehead atoms. The Hall–Kier alpha value is -1.13. The molecule has 0 spiro atoms. The summed E-state index contributed by atoms with van der Waals surface area (Å²) in [7, 11) is 0. The summed E-state index contributed by atoms with van der Waals surface area (Å²) < 4.78 is 9.83. The molecule has 0 aliphatic heterocycles. The fourth-order valence-electron chi connectivity index (χ4n) is 1.64. The van der Waals surface area contributed by atoms with E-state index in [0.29, 0.717) is 0 Å². The predicted octanol–water partition coefficient (Wildman–Crippen LogP) is 3.52. The highest BCUT2D eigenvalue weighted by Gasteiger charge is 2.03. The predicted molar refractivity (Wildman–Crippen MR) is 73.8 cm³/mol. The molecule has 0 radical (unpaired) electrons. The Kier molecular flexibility index (Phi) is 4.76. The highest BCUT2D eigenvalue weighted by atomic mass is 32.1. The summed E-state index contributed by atoms with van der Waals surface area (Å²) in [5, 5.41) is 5.80. The van der Waals surface area contributed by atoms with Gasteiger partial charge in [-0.15, -0.1) is 0 Å². The van der Waals surface area contributed by atoms with Crippen LogP contribution in [0.25, 0.3) is 10.9 Å². The third kappa shape index (κ3) is 3.41. The number of aromatic nitrogens is 1. The van der Waals surface area contributed by atoms with Crippen molar-refractivity contribution in [2.24, 2.45) is 0 Å². The van der Waals surface area contributed by atoms with Crippen molar-refractivity contribution in [1.29, 1.82) is 0 Å². The van der Waals surface area contributed by atoms with Gasteiger partial charge in [-0.25, -0.2) is 0 Å². The van der Waals surface area contributed by atoms with Gasteiger partial charge in [0, 0.05) is 25.1 Å². The van der Waals surface area contributed by atoms with E-state index in [0.717, 1.165) is 43.1 Å². The maximum absolute atomic E-state index is 5.44. The number of nitrogens with one attached hydrogen (secondary N) is 1. The van der Waals surface area contributed by atoms with Gasteiger partial charge >= 0.3 is 0 Å². The number of benzene rings is 1. The molecule has 4 heteroatoms. The zero-order valence-corrected chi connectivity index (χ0v) is 10.9. The second kappa shape index (κ2) is 6.57. The van der Waals surface area contributed by atoms with Crippen molar-refractivity contribution < 1.29 is 4.74 Å². The van der Waals surface area contributed by atoms with Gasteiger partial charge in [-0.3, -0.25) is 0 Å². The van der Waals surface area contributed by atoms with Crippen LogP contribution < -0.4 is 5.32 Å². The SMILES string of the molecule is CCCOCCCNc1snc2ccccc12. The van der Waals surface area contributed by atoms with Crippen molar-refractivity contribution in [3.05, 3.63) is 24.3 Å². The molecule has 1 N–H and O–H groups in total. The van der Waals surface area contributed by atoms with E-state index in [1.807, 2.05) is 18.2 Å². The van der Waals surface area contributed by atoms with Crippen LogP contribution in [-0.2, 0) is 4.74 Å². The molecule has 92 valence electrons. The smallest absolute Gasteiger partial charge is 0.117 e. The van der Waals surface area contributed by atoms with Crippen LogP contribution in [0.2, 0.25) is 0 Å². The van der Waals surface area contributed by atoms with E-state index in [4.69, 9.17) is 4.74 Å². The second-order valence-corrected chi connectivity index (χ2v) is 4.69. The number of fused-ring (bicyclic) bond motifs is 1. The first kappa shape index (κ1) is 12.3. The summed E-state index contributed by atoms with van der Waals surface area (Å²) in [6.07, 6.45) is 2.12. The summed E-state index contributed by atoms with van der Waals surface area (Å²) in [5.74, 6) is 0. The van der Waals surface area contributed by atoms with Gasteiger partial charge in [0.2, 0.25) is 0 Å². The number of ether oxygens (including phenoxy) is 1. The van der Waals surface area contributed by atoms with E-state index in [1.165, 1.54) is 16.9 Å². The monoisotopic (exact) mass is 250 g/mol. The molecule has 0 saturated heterocycles. The van der Waals surface area contributed by atoms with Crippen LogP contribution in [-0.4, -0.2) is 24.1 Å². The average Bonchev–Trinajstić information content (AvgIpc) is 2.77. The number of rotatable bonds is 7. The Balaban J connectivity index is 1.79. The summed E-state index contributed by atoms with van der Waals surface area (Å²) in [6.45, 7) is 4.76. The van der Waals surface area contributed by atoms with Gasteiger partial charge in [0.1, 0.15) is 5.00 Å². The van der Waals surface area contributed by atoms with E-state index >= 15 is 0 Å². The van der Waals surface area contributed by atoms with E-state index in [9.17, 15) is 0 Å². The lowest BCUT2D eigenvalue weighted by atomic mass is 10.2. The van der Waals surface area contributed by atoms with Crippen LogP contribution in [0.15, 0.2) is 24.3 Å². The van der Waals surface area contributed by atoms with Crippen LogP contribution in [0, 0.1) is 0 Å². The van der Waals surface area contributed by atoms with Crippen LogP contribution in [0.4, 0.5) is 5.00 Å². The standard InChI is InChI=1S/C13H18N2OS/c1-2-9-16-10-5-8-14-13-11-6-3-4-7-12(11)15-17-13/h3-4,6-7,14H,2,5,8-10H2,1H3. The first-order valence-corrected chi connectivity index (χ1v) is 6.85. The molecule has 0 atom stereocenters. The normalized spacial score (nSPS) is 10.9. The van der Waals surface area contributed by atoms with Crippen molar-refractivity contribution in [2.45, 2.75) is 19.8 Å². The number of hydrogen-bond acceptors (Lipinski definition) is 4. The molecule has 1 heterocycles. The molecule has 0 unspecified atom stereocenters. The van der Waals surface area contributed by atoms with E-state index in [1.54, 1.807) is 0 Å². The first-order valence-electron chi connectivity index (χ1n) is 6.08. The van der Waals surface area contributed by atoms with E-state index < -0.39 is 0 Å². The topological polar surface area (TPSA) is 34.1 Å². The Morgan fingerprint density at radius 3 is 3.06 bits per heavy atom. The van der Waals surface area contributed by atoms with Crippen LogP contribution >= 0.6 is 11.5 Å². The summed E-state index contributed by atoms with van der Waals surface area (Å²) in [6, 6.07) is 8.22. The minimum absolute atomic E-state index is 0.831. The molecule has 0 aliphatic carbocycles. The van der Waals surface area contributed by atoms with Gasteiger partial charge in [0.15, 0.2) is 0 Å². The van der Waals surface area contributed by atoms with Crippen molar-refractivity contribution in [2.75, 3.05) is 25.1 Å². The molecule has 0 fully saturated rings. The molecule has 2 rings (SSSR count). The Labute approximate surface area is 106 Å². The lowest BCUT2D eigenvalue weighted by Gasteiger charge is -2.04. The third-order valence-electron chi connectivity index (χ3n) is 2.48. The number of nitrogens with zero attached hydrogens (tertiary/aromatic N) is 1. The molecule has 3 nitrogen and oxygen atoms in total. The van der Waals surface area contributed by atoms with Crippen molar-refractivity contribution in [3.8, 4) is 0 Å². The minimum atomic E-state index is 0.831. The van der Waals surface area contributed by atoms with Crippen molar-refractivity contribution >= 4 is 27.4 Å². The molecule has 2 aromatic rings. The molecule has 0 amide bonds. The average molecular weight is 250 g/mol. The van der Waals surface area contributed by atoms with Crippen molar-refractivity contribution in [3.63, 3.8) is 0 Å². The van der Waals surface area contributed by atoms with Gasteiger partial charge in [0.25, 0.3) is 0 Å². The first-order chi connectivity index (χ1) is 8.42. The maximum Gasteiger partial charge on any atom is 0.117 e. The highest BCUT2D eigenvalue weighted by Crippen LogP contribution is 2.26. The van der Waals surface area contributed by atoms with Crippen LogP contribution in [0.1, 0.15) is 19.8 Å². The van der Waals surface area contributed by atoms with Gasteiger partial charge in [-0.2, -0.15) is 4.37 Å². The quantitative estimate of drug-likeness (QED) is 0.763.